The topological polar surface area (TPSA) is 41.5 Å². The van der Waals surface area contributed by atoms with Crippen molar-refractivity contribution in [3.05, 3.63) is 107 Å². The molecule has 0 aliphatic rings. The van der Waals surface area contributed by atoms with Crippen molar-refractivity contribution in [1.29, 1.82) is 0 Å². The summed E-state index contributed by atoms with van der Waals surface area (Å²) in [6.45, 7) is 0. The average molecular weight is 382 g/mol. The Balaban J connectivity index is 1.83. The van der Waals surface area contributed by atoms with Gasteiger partial charge >= 0.3 is 6.18 Å². The highest BCUT2D eigenvalue weighted by Gasteiger charge is 2.32. The second kappa shape index (κ2) is 8.52. The van der Waals surface area contributed by atoms with Gasteiger partial charge < -0.3 is 0 Å². The minimum atomic E-state index is -4.50. The van der Waals surface area contributed by atoms with Crippen LogP contribution in [0.25, 0.3) is 0 Å². The summed E-state index contributed by atoms with van der Waals surface area (Å²) >= 11 is 0. The minimum absolute atomic E-state index is 0.119. The van der Waals surface area contributed by atoms with Gasteiger partial charge in [-0.05, 0) is 17.2 Å². The number of nitrogens with zero attached hydrogens (tertiary/aromatic N) is 1. The second-order valence-electron chi connectivity index (χ2n) is 6.07. The molecule has 0 aliphatic carbocycles. The maximum atomic E-state index is 13.1. The third kappa shape index (κ3) is 4.65. The lowest BCUT2D eigenvalue weighted by Gasteiger charge is -2.16. The van der Waals surface area contributed by atoms with Gasteiger partial charge in [0.1, 0.15) is 0 Å². The van der Waals surface area contributed by atoms with Gasteiger partial charge in [0.15, 0.2) is 0 Å². The maximum Gasteiger partial charge on any atom is 0.417 e. The second-order valence-corrected chi connectivity index (χ2v) is 6.07. The molecule has 3 rings (SSSR count). The highest BCUT2D eigenvalue weighted by molar-refractivity contribution is 5.89. The van der Waals surface area contributed by atoms with E-state index in [2.05, 4.69) is 10.5 Å². The van der Waals surface area contributed by atoms with Crippen LogP contribution in [0.3, 0.4) is 0 Å². The third-order valence-corrected chi connectivity index (χ3v) is 4.17. The van der Waals surface area contributed by atoms with Gasteiger partial charge in [0.2, 0.25) is 0 Å². The number of rotatable bonds is 5. The normalized spacial score (nSPS) is 11.7. The predicted molar refractivity (Wildman–Crippen MR) is 102 cm³/mol. The van der Waals surface area contributed by atoms with E-state index in [-0.39, 0.29) is 5.56 Å². The molecule has 1 N–H and O–H groups in total. The fraction of sp³-hybridized carbons (Fsp3) is 0.0909. The van der Waals surface area contributed by atoms with Crippen LogP contribution >= 0.6 is 0 Å². The van der Waals surface area contributed by atoms with Crippen LogP contribution < -0.4 is 5.43 Å². The zero-order chi connectivity index (χ0) is 20.0. The van der Waals surface area contributed by atoms with E-state index >= 15 is 0 Å². The number of alkyl halides is 3. The van der Waals surface area contributed by atoms with E-state index in [1.165, 1.54) is 18.2 Å². The van der Waals surface area contributed by atoms with Crippen LogP contribution in [0, 0.1) is 0 Å². The van der Waals surface area contributed by atoms with Crippen LogP contribution in [0.4, 0.5) is 13.2 Å². The zero-order valence-corrected chi connectivity index (χ0v) is 14.7. The quantitative estimate of drug-likeness (QED) is 0.490. The van der Waals surface area contributed by atoms with Crippen molar-refractivity contribution in [2.75, 3.05) is 0 Å². The number of hydrogen-bond donors (Lipinski definition) is 1. The summed E-state index contributed by atoms with van der Waals surface area (Å²) in [5, 5.41) is 3.76. The summed E-state index contributed by atoms with van der Waals surface area (Å²) in [5.41, 5.74) is 2.96. The number of amides is 1. The first-order chi connectivity index (χ1) is 13.5. The fourth-order valence-electron chi connectivity index (χ4n) is 2.88. The standard InChI is InChI=1S/C22H17F3N2O/c23-22(24,25)19-14-8-7-13-18(19)15-26-27-21(28)20(16-9-3-1-4-10-16)17-11-5-2-6-12-17/h1-15,20H,(H,27,28)/b26-15+. The van der Waals surface area contributed by atoms with Gasteiger partial charge in [-0.2, -0.15) is 18.3 Å². The average Bonchev–Trinajstić information content (AvgIpc) is 2.69. The van der Waals surface area contributed by atoms with Gasteiger partial charge in [0.05, 0.1) is 17.7 Å². The van der Waals surface area contributed by atoms with Crippen LogP contribution in [-0.4, -0.2) is 12.1 Å². The number of carbonyl (C=O) groups excluding carboxylic acids is 1. The number of halogens is 3. The third-order valence-electron chi connectivity index (χ3n) is 4.17. The van der Waals surface area contributed by atoms with E-state index in [0.29, 0.717) is 0 Å². The minimum Gasteiger partial charge on any atom is -0.272 e. The van der Waals surface area contributed by atoms with Crippen LogP contribution in [0.15, 0.2) is 90.0 Å². The molecule has 0 saturated heterocycles. The van der Waals surface area contributed by atoms with Gasteiger partial charge in [-0.3, -0.25) is 4.79 Å². The van der Waals surface area contributed by atoms with Gasteiger partial charge in [-0.25, -0.2) is 5.43 Å². The lowest BCUT2D eigenvalue weighted by molar-refractivity contribution is -0.137. The molecule has 0 saturated carbocycles. The molecule has 6 heteroatoms. The molecule has 1 amide bonds. The Morgan fingerprint density at radius 3 is 1.86 bits per heavy atom. The summed E-state index contributed by atoms with van der Waals surface area (Å²) in [6.07, 6.45) is -3.49. The first kappa shape index (κ1) is 19.4. The summed E-state index contributed by atoms with van der Waals surface area (Å²) in [7, 11) is 0. The van der Waals surface area contributed by atoms with E-state index in [4.69, 9.17) is 0 Å². The molecule has 3 aromatic carbocycles. The fourth-order valence-corrected chi connectivity index (χ4v) is 2.88. The van der Waals surface area contributed by atoms with Crippen molar-refractivity contribution in [3.63, 3.8) is 0 Å². The molecular weight excluding hydrogens is 365 g/mol. The molecule has 3 aromatic rings. The van der Waals surface area contributed by atoms with E-state index in [1.807, 2.05) is 60.7 Å². The highest BCUT2D eigenvalue weighted by Crippen LogP contribution is 2.31. The summed E-state index contributed by atoms with van der Waals surface area (Å²) in [4.78, 5) is 12.8. The van der Waals surface area contributed by atoms with E-state index in [9.17, 15) is 18.0 Å². The maximum absolute atomic E-state index is 13.1. The molecule has 0 spiro atoms. The van der Waals surface area contributed by atoms with Crippen molar-refractivity contribution in [3.8, 4) is 0 Å². The largest absolute Gasteiger partial charge is 0.417 e. The van der Waals surface area contributed by atoms with Crippen molar-refractivity contribution in [1.82, 2.24) is 5.43 Å². The SMILES string of the molecule is O=C(N/N=C/c1ccccc1C(F)(F)F)C(c1ccccc1)c1ccccc1. The Hall–Kier alpha value is -3.41. The number of benzene rings is 3. The van der Waals surface area contributed by atoms with Gasteiger partial charge in [0, 0.05) is 5.56 Å². The highest BCUT2D eigenvalue weighted by atomic mass is 19.4. The molecule has 0 atom stereocenters. The molecule has 0 heterocycles. The lowest BCUT2D eigenvalue weighted by Crippen LogP contribution is -2.26. The number of carbonyl (C=O) groups is 1. The predicted octanol–water partition coefficient (Wildman–Crippen LogP) is 4.99. The molecule has 0 aliphatic heterocycles. The smallest absolute Gasteiger partial charge is 0.272 e. The molecule has 0 unspecified atom stereocenters. The van der Waals surface area contributed by atoms with Crippen molar-refractivity contribution < 1.29 is 18.0 Å². The van der Waals surface area contributed by atoms with Gasteiger partial charge in [-0.15, -0.1) is 0 Å². The Morgan fingerprint density at radius 1 is 0.821 bits per heavy atom. The molecule has 0 bridgehead atoms. The van der Waals surface area contributed by atoms with Gasteiger partial charge in [-0.1, -0.05) is 78.9 Å². The first-order valence-electron chi connectivity index (χ1n) is 8.56. The molecule has 3 nitrogen and oxygen atoms in total. The summed E-state index contributed by atoms with van der Waals surface area (Å²) < 4.78 is 39.2. The molecule has 0 aromatic heterocycles. The molecular formula is C22H17F3N2O. The Bertz CT molecular complexity index is 915. The summed E-state index contributed by atoms with van der Waals surface area (Å²) in [5.74, 6) is -1.06. The molecule has 28 heavy (non-hydrogen) atoms. The van der Waals surface area contributed by atoms with Crippen LogP contribution in [0.5, 0.6) is 0 Å². The number of hydrazone groups is 1. The van der Waals surface area contributed by atoms with E-state index in [1.54, 1.807) is 0 Å². The van der Waals surface area contributed by atoms with Crippen molar-refractivity contribution >= 4 is 12.1 Å². The number of nitrogens with one attached hydrogen (secondary N) is 1. The number of hydrogen-bond acceptors (Lipinski definition) is 2. The Kier molecular flexibility index (Phi) is 5.89. The van der Waals surface area contributed by atoms with Gasteiger partial charge in [0.25, 0.3) is 5.91 Å². The van der Waals surface area contributed by atoms with Crippen LogP contribution in [0.2, 0.25) is 0 Å². The lowest BCUT2D eigenvalue weighted by atomic mass is 9.91. The van der Waals surface area contributed by atoms with Crippen molar-refractivity contribution in [2.45, 2.75) is 12.1 Å². The molecule has 142 valence electrons. The van der Waals surface area contributed by atoms with E-state index in [0.717, 1.165) is 23.4 Å². The zero-order valence-electron chi connectivity index (χ0n) is 14.7. The van der Waals surface area contributed by atoms with Crippen LogP contribution in [0.1, 0.15) is 28.2 Å². The molecule has 0 fully saturated rings. The monoisotopic (exact) mass is 382 g/mol. The Morgan fingerprint density at radius 2 is 1.32 bits per heavy atom. The Labute approximate surface area is 160 Å². The molecule has 0 radical (unpaired) electrons. The summed E-state index contributed by atoms with van der Waals surface area (Å²) in [6, 6.07) is 23.3. The van der Waals surface area contributed by atoms with Crippen LogP contribution in [-0.2, 0) is 11.0 Å². The first-order valence-corrected chi connectivity index (χ1v) is 8.56. The van der Waals surface area contributed by atoms with E-state index < -0.39 is 23.6 Å². The van der Waals surface area contributed by atoms with Crippen molar-refractivity contribution in [2.24, 2.45) is 5.10 Å².